The maximum atomic E-state index is 12.0. The zero-order valence-electron chi connectivity index (χ0n) is 10.0. The van der Waals surface area contributed by atoms with Crippen molar-refractivity contribution in [2.75, 3.05) is 0 Å². The molecular weight excluding hydrogens is 240 g/mol. The Kier molecular flexibility index (Phi) is 5.09. The van der Waals surface area contributed by atoms with Gasteiger partial charge < -0.3 is 5.73 Å². The molecular formula is C13H15F2NO2. The van der Waals surface area contributed by atoms with Crippen LogP contribution in [0.15, 0.2) is 24.3 Å². The van der Waals surface area contributed by atoms with Crippen LogP contribution in [0.1, 0.15) is 29.3 Å². The topological polar surface area (TPSA) is 60.2 Å². The molecule has 1 rings (SSSR count). The molecule has 1 unspecified atom stereocenters. The SMILES string of the molecule is CC(N)Cc1ccc(C(=O)CC(=O)C(F)F)cc1. The molecule has 18 heavy (non-hydrogen) atoms. The van der Waals surface area contributed by atoms with Crippen molar-refractivity contribution < 1.29 is 18.4 Å². The molecule has 0 radical (unpaired) electrons. The molecule has 2 N–H and O–H groups in total. The standard InChI is InChI=1S/C13H15F2NO2/c1-8(16)6-9-2-4-10(5-3-9)11(17)7-12(18)13(14)15/h2-5,8,13H,6-7,16H2,1H3. The lowest BCUT2D eigenvalue weighted by Gasteiger charge is -2.06. The summed E-state index contributed by atoms with van der Waals surface area (Å²) in [5.74, 6) is -1.94. The van der Waals surface area contributed by atoms with Crippen LogP contribution in [0, 0.1) is 0 Å². The number of hydrogen-bond acceptors (Lipinski definition) is 3. The minimum absolute atomic E-state index is 0.00645. The quantitative estimate of drug-likeness (QED) is 0.624. The van der Waals surface area contributed by atoms with E-state index in [1.807, 2.05) is 6.92 Å². The van der Waals surface area contributed by atoms with E-state index < -0.39 is 24.4 Å². The summed E-state index contributed by atoms with van der Waals surface area (Å²) >= 11 is 0. The van der Waals surface area contributed by atoms with Gasteiger partial charge in [-0.2, -0.15) is 0 Å². The highest BCUT2D eigenvalue weighted by atomic mass is 19.3. The largest absolute Gasteiger partial charge is 0.328 e. The number of nitrogens with two attached hydrogens (primary N) is 1. The van der Waals surface area contributed by atoms with Gasteiger partial charge in [-0.15, -0.1) is 0 Å². The zero-order chi connectivity index (χ0) is 13.7. The van der Waals surface area contributed by atoms with Gasteiger partial charge in [0.05, 0.1) is 6.42 Å². The summed E-state index contributed by atoms with van der Waals surface area (Å²) in [6.07, 6.45) is -3.18. The molecule has 98 valence electrons. The molecule has 1 aromatic carbocycles. The predicted octanol–water partition coefficient (Wildman–Crippen LogP) is 1.98. The molecule has 0 amide bonds. The van der Waals surface area contributed by atoms with E-state index in [0.29, 0.717) is 6.42 Å². The lowest BCUT2D eigenvalue weighted by Crippen LogP contribution is -2.18. The molecule has 0 aliphatic heterocycles. The van der Waals surface area contributed by atoms with Crippen molar-refractivity contribution in [2.24, 2.45) is 5.73 Å². The molecule has 0 aromatic heterocycles. The third kappa shape index (κ3) is 4.33. The van der Waals surface area contributed by atoms with Crippen molar-refractivity contribution in [1.29, 1.82) is 0 Å². The monoisotopic (exact) mass is 255 g/mol. The molecule has 0 heterocycles. The zero-order valence-corrected chi connectivity index (χ0v) is 10.0. The average molecular weight is 255 g/mol. The lowest BCUT2D eigenvalue weighted by molar-refractivity contribution is -0.128. The minimum atomic E-state index is -3.09. The first-order chi connectivity index (χ1) is 8.40. The van der Waals surface area contributed by atoms with E-state index in [1.54, 1.807) is 12.1 Å². The molecule has 0 aliphatic carbocycles. The second kappa shape index (κ2) is 6.35. The van der Waals surface area contributed by atoms with Crippen LogP contribution < -0.4 is 5.73 Å². The molecule has 0 spiro atoms. The maximum absolute atomic E-state index is 12.0. The summed E-state index contributed by atoms with van der Waals surface area (Å²) in [7, 11) is 0. The summed E-state index contributed by atoms with van der Waals surface area (Å²) in [5, 5.41) is 0. The Labute approximate surface area is 104 Å². The van der Waals surface area contributed by atoms with E-state index >= 15 is 0 Å². The molecule has 0 saturated heterocycles. The van der Waals surface area contributed by atoms with Gasteiger partial charge in [0.1, 0.15) is 0 Å². The molecule has 0 aliphatic rings. The third-order valence-corrected chi connectivity index (χ3v) is 2.41. The maximum Gasteiger partial charge on any atom is 0.296 e. The van der Waals surface area contributed by atoms with Gasteiger partial charge in [0.25, 0.3) is 6.43 Å². The fraction of sp³-hybridized carbons (Fsp3) is 0.385. The number of halogens is 2. The van der Waals surface area contributed by atoms with Crippen LogP contribution in [0.3, 0.4) is 0 Å². The normalized spacial score (nSPS) is 12.5. The van der Waals surface area contributed by atoms with Crippen molar-refractivity contribution in [3.05, 3.63) is 35.4 Å². The van der Waals surface area contributed by atoms with Crippen LogP contribution >= 0.6 is 0 Å². The van der Waals surface area contributed by atoms with E-state index in [9.17, 15) is 18.4 Å². The highest BCUT2D eigenvalue weighted by molar-refractivity contribution is 6.08. The van der Waals surface area contributed by atoms with Crippen molar-refractivity contribution in [1.82, 2.24) is 0 Å². The number of ketones is 2. The van der Waals surface area contributed by atoms with Crippen molar-refractivity contribution in [3.8, 4) is 0 Å². The Bertz CT molecular complexity index is 427. The van der Waals surface area contributed by atoms with E-state index in [0.717, 1.165) is 5.56 Å². The second-order valence-corrected chi connectivity index (χ2v) is 4.25. The Balaban J connectivity index is 2.67. The van der Waals surface area contributed by atoms with Gasteiger partial charge in [-0.25, -0.2) is 8.78 Å². The van der Waals surface area contributed by atoms with E-state index in [2.05, 4.69) is 0 Å². The predicted molar refractivity (Wildman–Crippen MR) is 63.8 cm³/mol. The van der Waals surface area contributed by atoms with Crippen molar-refractivity contribution >= 4 is 11.6 Å². The summed E-state index contributed by atoms with van der Waals surface area (Å²) < 4.78 is 24.0. The number of alkyl halides is 2. The molecule has 5 heteroatoms. The van der Waals surface area contributed by atoms with Gasteiger partial charge in [0.2, 0.25) is 5.78 Å². The van der Waals surface area contributed by atoms with Crippen LogP contribution in [-0.2, 0) is 11.2 Å². The van der Waals surface area contributed by atoms with E-state index in [4.69, 9.17) is 5.73 Å². The van der Waals surface area contributed by atoms with Gasteiger partial charge in [0, 0.05) is 11.6 Å². The highest BCUT2D eigenvalue weighted by Gasteiger charge is 2.19. The molecule has 0 fully saturated rings. The molecule has 1 atom stereocenters. The Morgan fingerprint density at radius 2 is 1.78 bits per heavy atom. The van der Waals surface area contributed by atoms with Gasteiger partial charge in [-0.05, 0) is 18.9 Å². The number of benzene rings is 1. The van der Waals surface area contributed by atoms with E-state index in [-0.39, 0.29) is 11.6 Å². The van der Waals surface area contributed by atoms with Crippen LogP contribution in [-0.4, -0.2) is 24.0 Å². The van der Waals surface area contributed by atoms with Gasteiger partial charge in [-0.1, -0.05) is 24.3 Å². The van der Waals surface area contributed by atoms with Crippen LogP contribution in [0.2, 0.25) is 0 Å². The fourth-order valence-corrected chi connectivity index (χ4v) is 1.54. The first kappa shape index (κ1) is 14.4. The molecule has 3 nitrogen and oxygen atoms in total. The minimum Gasteiger partial charge on any atom is -0.328 e. The number of rotatable bonds is 6. The number of Topliss-reactive ketones (excluding diaryl/α,β-unsaturated/α-hetero) is 2. The summed E-state index contributed by atoms with van der Waals surface area (Å²) in [5.41, 5.74) is 6.85. The first-order valence-corrected chi connectivity index (χ1v) is 5.58. The van der Waals surface area contributed by atoms with Gasteiger partial charge in [-0.3, -0.25) is 9.59 Å². The Morgan fingerprint density at radius 1 is 1.22 bits per heavy atom. The van der Waals surface area contributed by atoms with Crippen LogP contribution in [0.4, 0.5) is 8.78 Å². The highest BCUT2D eigenvalue weighted by Crippen LogP contribution is 2.10. The van der Waals surface area contributed by atoms with E-state index in [1.165, 1.54) is 12.1 Å². The van der Waals surface area contributed by atoms with Crippen LogP contribution in [0.5, 0.6) is 0 Å². The lowest BCUT2D eigenvalue weighted by atomic mass is 10.0. The fourth-order valence-electron chi connectivity index (χ4n) is 1.54. The van der Waals surface area contributed by atoms with Crippen LogP contribution in [0.25, 0.3) is 0 Å². The molecule has 1 aromatic rings. The van der Waals surface area contributed by atoms with Crippen molar-refractivity contribution in [3.63, 3.8) is 0 Å². The molecule has 0 saturated carbocycles. The van der Waals surface area contributed by atoms with Gasteiger partial charge >= 0.3 is 0 Å². The average Bonchev–Trinajstić information content (AvgIpc) is 2.28. The Hall–Kier alpha value is -1.62. The first-order valence-electron chi connectivity index (χ1n) is 5.58. The third-order valence-electron chi connectivity index (χ3n) is 2.41. The summed E-state index contributed by atoms with van der Waals surface area (Å²) in [4.78, 5) is 22.3. The summed E-state index contributed by atoms with van der Waals surface area (Å²) in [6, 6.07) is 6.48. The summed E-state index contributed by atoms with van der Waals surface area (Å²) in [6.45, 7) is 1.86. The smallest absolute Gasteiger partial charge is 0.296 e. The Morgan fingerprint density at radius 3 is 2.22 bits per heavy atom. The molecule has 0 bridgehead atoms. The van der Waals surface area contributed by atoms with Crippen molar-refractivity contribution in [2.45, 2.75) is 32.2 Å². The second-order valence-electron chi connectivity index (χ2n) is 4.25. The number of carbonyl (C=O) groups is 2. The van der Waals surface area contributed by atoms with Gasteiger partial charge in [0.15, 0.2) is 5.78 Å². The number of hydrogen-bond donors (Lipinski definition) is 1. The number of carbonyl (C=O) groups excluding carboxylic acids is 2.